The van der Waals surface area contributed by atoms with Gasteiger partial charge in [0.1, 0.15) is 0 Å². The quantitative estimate of drug-likeness (QED) is 0.771. The van der Waals surface area contributed by atoms with Crippen LogP contribution in [0.3, 0.4) is 0 Å². The van der Waals surface area contributed by atoms with Gasteiger partial charge in [-0.05, 0) is 42.5 Å². The fraction of sp³-hybridized carbons (Fsp3) is 0. The molecule has 84 valence electrons. The van der Waals surface area contributed by atoms with Gasteiger partial charge in [0.2, 0.25) is 0 Å². The predicted molar refractivity (Wildman–Crippen MR) is 71.7 cm³/mol. The van der Waals surface area contributed by atoms with E-state index in [0.29, 0.717) is 15.6 Å². The lowest BCUT2D eigenvalue weighted by Gasteiger charge is -2.04. The van der Waals surface area contributed by atoms with Crippen LogP contribution in [0.2, 0.25) is 10.0 Å². The molecule has 0 spiro atoms. The van der Waals surface area contributed by atoms with E-state index < -0.39 is 0 Å². The highest BCUT2D eigenvalue weighted by atomic mass is 35.5. The molecule has 0 aromatic heterocycles. The van der Waals surface area contributed by atoms with E-state index in [0.717, 1.165) is 9.79 Å². The Morgan fingerprint density at radius 2 is 1.71 bits per heavy atom. The summed E-state index contributed by atoms with van der Waals surface area (Å²) in [6.07, 6.45) is 0. The first-order valence-corrected chi connectivity index (χ1v) is 6.39. The Labute approximate surface area is 114 Å². The van der Waals surface area contributed by atoms with Crippen molar-refractivity contribution in [3.05, 3.63) is 58.1 Å². The molecule has 2 aromatic rings. The fourth-order valence-corrected chi connectivity index (χ4v) is 2.63. The number of hydrogen-bond acceptors (Lipinski definition) is 2. The molecule has 0 amide bonds. The zero-order valence-electron chi connectivity index (χ0n) is 8.65. The van der Waals surface area contributed by atoms with Crippen molar-refractivity contribution in [3.8, 4) is 6.07 Å². The van der Waals surface area contributed by atoms with Crippen LogP contribution in [0.15, 0.2) is 52.3 Å². The maximum atomic E-state index is 8.70. The zero-order chi connectivity index (χ0) is 12.3. The third-order valence-electron chi connectivity index (χ3n) is 2.11. The highest BCUT2D eigenvalue weighted by Gasteiger charge is 2.03. The van der Waals surface area contributed by atoms with Crippen LogP contribution < -0.4 is 0 Å². The van der Waals surface area contributed by atoms with Crippen molar-refractivity contribution < 1.29 is 0 Å². The molecule has 0 unspecified atom stereocenters. The third kappa shape index (κ3) is 3.17. The van der Waals surface area contributed by atoms with E-state index in [-0.39, 0.29) is 0 Å². The van der Waals surface area contributed by atoms with Crippen LogP contribution in [0.5, 0.6) is 0 Å². The molecule has 0 atom stereocenters. The number of halogens is 2. The topological polar surface area (TPSA) is 23.8 Å². The maximum absolute atomic E-state index is 8.70. The monoisotopic (exact) mass is 279 g/mol. The van der Waals surface area contributed by atoms with Crippen LogP contribution in [0.4, 0.5) is 0 Å². The number of hydrogen-bond donors (Lipinski definition) is 0. The Kier molecular flexibility index (Phi) is 3.96. The number of benzene rings is 2. The summed E-state index contributed by atoms with van der Waals surface area (Å²) in [5.74, 6) is 0. The van der Waals surface area contributed by atoms with Crippen molar-refractivity contribution in [2.45, 2.75) is 9.79 Å². The molecule has 0 saturated heterocycles. The molecule has 2 rings (SSSR count). The summed E-state index contributed by atoms with van der Waals surface area (Å²) in [6.45, 7) is 0. The molecule has 1 nitrogen and oxygen atoms in total. The molecule has 0 bridgehead atoms. The molecular formula is C13H7Cl2NS. The summed E-state index contributed by atoms with van der Waals surface area (Å²) < 4.78 is 0. The van der Waals surface area contributed by atoms with Crippen LogP contribution in [0.25, 0.3) is 0 Å². The van der Waals surface area contributed by atoms with Gasteiger partial charge in [0.15, 0.2) is 0 Å². The van der Waals surface area contributed by atoms with Gasteiger partial charge in [-0.25, -0.2) is 0 Å². The minimum atomic E-state index is 0.624. The first-order valence-electron chi connectivity index (χ1n) is 4.82. The van der Waals surface area contributed by atoms with E-state index in [1.54, 1.807) is 36.0 Å². The molecule has 0 heterocycles. The Hall–Kier alpha value is -1.14. The molecule has 0 radical (unpaired) electrons. The SMILES string of the molecule is N#Cc1ccc(Sc2ccc(Cl)cc2Cl)cc1. The average Bonchev–Trinajstić information content (AvgIpc) is 2.34. The van der Waals surface area contributed by atoms with Gasteiger partial charge in [0.25, 0.3) is 0 Å². The van der Waals surface area contributed by atoms with Gasteiger partial charge < -0.3 is 0 Å². The van der Waals surface area contributed by atoms with Gasteiger partial charge in [-0.3, -0.25) is 0 Å². The predicted octanol–water partition coefficient (Wildman–Crippen LogP) is 5.02. The molecule has 17 heavy (non-hydrogen) atoms. The molecule has 0 aliphatic heterocycles. The normalized spacial score (nSPS) is 9.94. The second kappa shape index (κ2) is 5.46. The average molecular weight is 280 g/mol. The lowest BCUT2D eigenvalue weighted by molar-refractivity contribution is 1.39. The van der Waals surface area contributed by atoms with E-state index in [4.69, 9.17) is 28.5 Å². The van der Waals surface area contributed by atoms with Crippen molar-refractivity contribution in [2.75, 3.05) is 0 Å². The van der Waals surface area contributed by atoms with Crippen molar-refractivity contribution in [1.82, 2.24) is 0 Å². The first kappa shape index (κ1) is 12.3. The van der Waals surface area contributed by atoms with Crippen molar-refractivity contribution in [2.24, 2.45) is 0 Å². The second-order valence-corrected chi connectivity index (χ2v) is 5.27. The fourth-order valence-electron chi connectivity index (χ4n) is 1.28. The molecule has 0 N–H and O–H groups in total. The summed E-state index contributed by atoms with van der Waals surface area (Å²) in [6, 6.07) is 14.9. The van der Waals surface area contributed by atoms with E-state index in [1.807, 2.05) is 18.2 Å². The van der Waals surface area contributed by atoms with E-state index in [1.165, 1.54) is 0 Å². The summed E-state index contributed by atoms with van der Waals surface area (Å²) in [7, 11) is 0. The summed E-state index contributed by atoms with van der Waals surface area (Å²) in [5, 5.41) is 9.96. The molecule has 2 aromatic carbocycles. The van der Waals surface area contributed by atoms with Gasteiger partial charge in [0.05, 0.1) is 16.7 Å². The third-order valence-corrected chi connectivity index (χ3v) is 3.85. The smallest absolute Gasteiger partial charge is 0.0991 e. The molecular weight excluding hydrogens is 273 g/mol. The van der Waals surface area contributed by atoms with E-state index in [9.17, 15) is 0 Å². The molecule has 0 fully saturated rings. The van der Waals surface area contributed by atoms with Crippen molar-refractivity contribution in [1.29, 1.82) is 5.26 Å². The minimum Gasteiger partial charge on any atom is -0.192 e. The van der Waals surface area contributed by atoms with E-state index >= 15 is 0 Å². The van der Waals surface area contributed by atoms with Crippen LogP contribution in [-0.2, 0) is 0 Å². The molecule has 4 heteroatoms. The summed E-state index contributed by atoms with van der Waals surface area (Å²) in [4.78, 5) is 1.98. The van der Waals surface area contributed by atoms with Crippen LogP contribution in [-0.4, -0.2) is 0 Å². The number of nitriles is 1. The second-order valence-electron chi connectivity index (χ2n) is 3.31. The Bertz CT molecular complexity index is 573. The Balaban J connectivity index is 2.23. The number of nitrogens with zero attached hydrogens (tertiary/aromatic N) is 1. The molecule has 0 aliphatic carbocycles. The minimum absolute atomic E-state index is 0.624. The van der Waals surface area contributed by atoms with Crippen LogP contribution in [0, 0.1) is 11.3 Å². The van der Waals surface area contributed by atoms with Crippen molar-refractivity contribution >= 4 is 35.0 Å². The summed E-state index contributed by atoms with van der Waals surface area (Å²) in [5.41, 5.74) is 0.650. The van der Waals surface area contributed by atoms with Gasteiger partial charge >= 0.3 is 0 Å². The van der Waals surface area contributed by atoms with Gasteiger partial charge in [-0.1, -0.05) is 35.0 Å². The molecule has 0 aliphatic rings. The zero-order valence-corrected chi connectivity index (χ0v) is 11.0. The number of rotatable bonds is 2. The lowest BCUT2D eigenvalue weighted by Crippen LogP contribution is -1.77. The van der Waals surface area contributed by atoms with Gasteiger partial charge in [-0.15, -0.1) is 0 Å². The maximum Gasteiger partial charge on any atom is 0.0991 e. The largest absolute Gasteiger partial charge is 0.192 e. The van der Waals surface area contributed by atoms with Gasteiger partial charge in [-0.2, -0.15) is 5.26 Å². The molecule has 0 saturated carbocycles. The van der Waals surface area contributed by atoms with E-state index in [2.05, 4.69) is 6.07 Å². The highest BCUT2D eigenvalue weighted by molar-refractivity contribution is 7.99. The highest BCUT2D eigenvalue weighted by Crippen LogP contribution is 2.34. The standard InChI is InChI=1S/C13H7Cl2NS/c14-10-3-6-13(12(15)7-10)17-11-4-1-9(8-16)2-5-11/h1-7H. The first-order chi connectivity index (χ1) is 8.19. The van der Waals surface area contributed by atoms with Gasteiger partial charge in [0, 0.05) is 14.8 Å². The Morgan fingerprint density at radius 1 is 1.00 bits per heavy atom. The Morgan fingerprint density at radius 3 is 2.29 bits per heavy atom. The van der Waals surface area contributed by atoms with Crippen molar-refractivity contribution in [3.63, 3.8) is 0 Å². The van der Waals surface area contributed by atoms with Crippen LogP contribution in [0.1, 0.15) is 5.56 Å². The summed E-state index contributed by atoms with van der Waals surface area (Å²) >= 11 is 13.5. The lowest BCUT2D eigenvalue weighted by atomic mass is 10.2. The van der Waals surface area contributed by atoms with Crippen LogP contribution >= 0.6 is 35.0 Å².